The summed E-state index contributed by atoms with van der Waals surface area (Å²) >= 11 is 0. The molecule has 30 heavy (non-hydrogen) atoms. The van der Waals surface area contributed by atoms with E-state index in [4.69, 9.17) is 9.72 Å². The van der Waals surface area contributed by atoms with Gasteiger partial charge in [0.1, 0.15) is 18.8 Å². The van der Waals surface area contributed by atoms with E-state index in [2.05, 4.69) is 44.2 Å². The molecule has 5 rings (SSSR count). The molecule has 4 aromatic rings. The van der Waals surface area contributed by atoms with Crippen LogP contribution in [0.1, 0.15) is 11.3 Å². The Kier molecular flexibility index (Phi) is 4.51. The smallest absolute Gasteiger partial charge is 0.229 e. The van der Waals surface area contributed by atoms with E-state index in [1.54, 1.807) is 18.7 Å². The van der Waals surface area contributed by atoms with Gasteiger partial charge in [0.05, 0.1) is 30.3 Å². The molecule has 1 aromatic carbocycles. The molecule has 1 aliphatic rings. The Balaban J connectivity index is 1.41. The number of nitrogens with one attached hydrogen (secondary N) is 1. The molecule has 1 aliphatic heterocycles. The van der Waals surface area contributed by atoms with Crippen molar-refractivity contribution in [3.8, 4) is 11.6 Å². The number of fused-ring (bicyclic) bond motifs is 1. The molecule has 0 unspecified atom stereocenters. The monoisotopic (exact) mass is 399 g/mol. The number of para-hydroxylation sites is 1. The van der Waals surface area contributed by atoms with Gasteiger partial charge in [-0.25, -0.2) is 15.0 Å². The van der Waals surface area contributed by atoms with Crippen LogP contribution in [0.4, 0.5) is 23.1 Å². The van der Waals surface area contributed by atoms with Crippen molar-refractivity contribution in [1.82, 2.24) is 24.5 Å². The quantitative estimate of drug-likeness (QED) is 0.556. The Morgan fingerprint density at radius 2 is 1.90 bits per heavy atom. The SMILES string of the molecule is Cc1cn(-c2ccc(Nc3ncc4c(n3)N(c3ccccc3C)CCO4)cn2)cn1. The fourth-order valence-corrected chi connectivity index (χ4v) is 3.46. The molecule has 3 aromatic heterocycles. The van der Waals surface area contributed by atoms with Crippen LogP contribution < -0.4 is 15.0 Å². The molecule has 0 saturated heterocycles. The lowest BCUT2D eigenvalue weighted by Gasteiger charge is -2.31. The van der Waals surface area contributed by atoms with Gasteiger partial charge in [0.15, 0.2) is 11.6 Å². The van der Waals surface area contributed by atoms with Crippen molar-refractivity contribution in [2.45, 2.75) is 13.8 Å². The predicted molar refractivity (Wildman–Crippen MR) is 115 cm³/mol. The summed E-state index contributed by atoms with van der Waals surface area (Å²) < 4.78 is 7.65. The summed E-state index contributed by atoms with van der Waals surface area (Å²) in [7, 11) is 0. The summed E-state index contributed by atoms with van der Waals surface area (Å²) in [5, 5.41) is 3.23. The van der Waals surface area contributed by atoms with Gasteiger partial charge in [-0.3, -0.25) is 4.57 Å². The highest BCUT2D eigenvalue weighted by Crippen LogP contribution is 2.36. The second-order valence-corrected chi connectivity index (χ2v) is 7.12. The molecular formula is C22H21N7O. The number of benzene rings is 1. The first-order chi connectivity index (χ1) is 14.7. The zero-order valence-electron chi connectivity index (χ0n) is 16.8. The second-order valence-electron chi connectivity index (χ2n) is 7.12. The summed E-state index contributed by atoms with van der Waals surface area (Å²) in [6.45, 7) is 5.37. The molecule has 0 radical (unpaired) electrons. The van der Waals surface area contributed by atoms with E-state index in [1.165, 1.54) is 5.56 Å². The number of aromatic nitrogens is 5. The minimum absolute atomic E-state index is 0.492. The topological polar surface area (TPSA) is 81.0 Å². The Hall–Kier alpha value is -3.94. The lowest BCUT2D eigenvalue weighted by molar-refractivity contribution is 0.310. The van der Waals surface area contributed by atoms with Gasteiger partial charge in [0.2, 0.25) is 5.95 Å². The number of aryl methyl sites for hydroxylation is 2. The van der Waals surface area contributed by atoms with Gasteiger partial charge in [-0.15, -0.1) is 0 Å². The third-order valence-corrected chi connectivity index (χ3v) is 4.95. The van der Waals surface area contributed by atoms with Crippen molar-refractivity contribution in [2.24, 2.45) is 0 Å². The van der Waals surface area contributed by atoms with Crippen molar-refractivity contribution in [2.75, 3.05) is 23.4 Å². The zero-order valence-corrected chi connectivity index (χ0v) is 16.8. The summed E-state index contributed by atoms with van der Waals surface area (Å²) in [6, 6.07) is 12.1. The fourth-order valence-electron chi connectivity index (χ4n) is 3.46. The van der Waals surface area contributed by atoms with Crippen LogP contribution in [0.5, 0.6) is 5.75 Å². The van der Waals surface area contributed by atoms with Gasteiger partial charge in [0.25, 0.3) is 0 Å². The van der Waals surface area contributed by atoms with Crippen LogP contribution in [-0.2, 0) is 0 Å². The maximum atomic E-state index is 5.77. The number of imidazole rings is 1. The molecule has 0 saturated carbocycles. The van der Waals surface area contributed by atoms with Crippen LogP contribution >= 0.6 is 0 Å². The van der Waals surface area contributed by atoms with Crippen LogP contribution in [0.25, 0.3) is 5.82 Å². The van der Waals surface area contributed by atoms with Gasteiger partial charge in [-0.05, 0) is 37.6 Å². The van der Waals surface area contributed by atoms with Crippen molar-refractivity contribution in [3.63, 3.8) is 0 Å². The first-order valence-corrected chi connectivity index (χ1v) is 9.74. The second kappa shape index (κ2) is 7.47. The molecule has 150 valence electrons. The van der Waals surface area contributed by atoms with Crippen molar-refractivity contribution < 1.29 is 4.74 Å². The normalized spacial score (nSPS) is 12.9. The van der Waals surface area contributed by atoms with Crippen LogP contribution in [0.15, 0.2) is 61.3 Å². The number of hydrogen-bond donors (Lipinski definition) is 1. The molecule has 0 bridgehead atoms. The Labute approximate surface area is 174 Å². The maximum Gasteiger partial charge on any atom is 0.229 e. The summed E-state index contributed by atoms with van der Waals surface area (Å²) in [5.41, 5.74) is 4.05. The average molecular weight is 399 g/mol. The average Bonchev–Trinajstić information content (AvgIpc) is 3.21. The van der Waals surface area contributed by atoms with Gasteiger partial charge in [-0.1, -0.05) is 18.2 Å². The molecule has 0 fully saturated rings. The van der Waals surface area contributed by atoms with E-state index in [-0.39, 0.29) is 0 Å². The van der Waals surface area contributed by atoms with Gasteiger partial charge in [0, 0.05) is 11.9 Å². The number of hydrogen-bond acceptors (Lipinski definition) is 7. The number of ether oxygens (including phenoxy) is 1. The molecular weight excluding hydrogens is 378 g/mol. The van der Waals surface area contributed by atoms with Crippen LogP contribution in [-0.4, -0.2) is 37.7 Å². The van der Waals surface area contributed by atoms with Gasteiger partial charge >= 0.3 is 0 Å². The highest BCUT2D eigenvalue weighted by molar-refractivity contribution is 5.70. The van der Waals surface area contributed by atoms with E-state index < -0.39 is 0 Å². The lowest BCUT2D eigenvalue weighted by Crippen LogP contribution is -2.30. The summed E-state index contributed by atoms with van der Waals surface area (Å²) in [6.07, 6.45) is 7.15. The molecule has 8 heteroatoms. The summed E-state index contributed by atoms with van der Waals surface area (Å²) in [4.78, 5) is 20.0. The van der Waals surface area contributed by atoms with E-state index in [1.807, 2.05) is 42.0 Å². The third-order valence-electron chi connectivity index (χ3n) is 4.95. The van der Waals surface area contributed by atoms with Crippen LogP contribution in [0.3, 0.4) is 0 Å². The highest BCUT2D eigenvalue weighted by atomic mass is 16.5. The molecule has 4 heterocycles. The molecule has 0 spiro atoms. The number of anilines is 4. The van der Waals surface area contributed by atoms with E-state index in [0.29, 0.717) is 18.3 Å². The standard InChI is InChI=1S/C22H21N7O/c1-15-5-3-4-6-18(15)29-9-10-30-19-12-24-22(27-21(19)29)26-17-7-8-20(23-11-17)28-13-16(2)25-14-28/h3-8,11-14H,9-10H2,1-2H3,(H,24,26,27). The molecule has 0 aliphatic carbocycles. The Morgan fingerprint density at radius 1 is 1.00 bits per heavy atom. The molecule has 8 nitrogen and oxygen atoms in total. The predicted octanol–water partition coefficient (Wildman–Crippen LogP) is 3.95. The number of pyridine rings is 1. The van der Waals surface area contributed by atoms with Gasteiger partial charge in [-0.2, -0.15) is 4.98 Å². The molecule has 0 atom stereocenters. The zero-order chi connectivity index (χ0) is 20.5. The van der Waals surface area contributed by atoms with E-state index in [9.17, 15) is 0 Å². The van der Waals surface area contributed by atoms with Crippen molar-refractivity contribution in [1.29, 1.82) is 0 Å². The largest absolute Gasteiger partial charge is 0.486 e. The maximum absolute atomic E-state index is 5.77. The number of rotatable bonds is 4. The molecule has 1 N–H and O–H groups in total. The first kappa shape index (κ1) is 18.1. The first-order valence-electron chi connectivity index (χ1n) is 9.74. The van der Waals surface area contributed by atoms with E-state index >= 15 is 0 Å². The van der Waals surface area contributed by atoms with Crippen molar-refractivity contribution >= 4 is 23.1 Å². The third kappa shape index (κ3) is 3.43. The highest BCUT2D eigenvalue weighted by Gasteiger charge is 2.23. The van der Waals surface area contributed by atoms with Crippen LogP contribution in [0, 0.1) is 13.8 Å². The fraction of sp³-hybridized carbons (Fsp3) is 0.182. The van der Waals surface area contributed by atoms with E-state index in [0.717, 1.165) is 35.2 Å². The minimum atomic E-state index is 0.492. The van der Waals surface area contributed by atoms with Crippen molar-refractivity contribution in [3.05, 3.63) is 72.6 Å². The Bertz CT molecular complexity index is 1190. The molecule has 0 amide bonds. The van der Waals surface area contributed by atoms with Crippen LogP contribution in [0.2, 0.25) is 0 Å². The summed E-state index contributed by atoms with van der Waals surface area (Å²) in [5.74, 6) is 2.73. The van der Waals surface area contributed by atoms with Gasteiger partial charge < -0.3 is 15.0 Å². The lowest BCUT2D eigenvalue weighted by atomic mass is 10.1. The number of nitrogens with zero attached hydrogens (tertiary/aromatic N) is 6. The Morgan fingerprint density at radius 3 is 2.67 bits per heavy atom. The minimum Gasteiger partial charge on any atom is -0.486 e.